The normalized spacial score (nSPS) is 20.1. The van der Waals surface area contributed by atoms with Crippen LogP contribution < -0.4 is 15.8 Å². The zero-order chi connectivity index (χ0) is 12.6. The molecule has 0 amide bonds. The third-order valence-electron chi connectivity index (χ3n) is 2.78. The second kappa shape index (κ2) is 4.56. The maximum atomic E-state index is 9.89. The SMILES string of the molecule is COc1cc2c(cc1Cl)C=C(C(C)N)C(O)N2. The van der Waals surface area contributed by atoms with E-state index in [4.69, 9.17) is 22.1 Å². The van der Waals surface area contributed by atoms with E-state index in [1.807, 2.05) is 13.0 Å². The molecular weight excluding hydrogens is 240 g/mol. The number of anilines is 1. The van der Waals surface area contributed by atoms with Crippen LogP contribution in [0.15, 0.2) is 17.7 Å². The summed E-state index contributed by atoms with van der Waals surface area (Å²) in [5.41, 5.74) is 8.20. The lowest BCUT2D eigenvalue weighted by molar-refractivity contribution is 0.233. The number of aliphatic hydroxyl groups is 1. The average Bonchev–Trinajstić information content (AvgIpc) is 2.27. The van der Waals surface area contributed by atoms with Gasteiger partial charge in [-0.1, -0.05) is 11.6 Å². The summed E-state index contributed by atoms with van der Waals surface area (Å²) in [4.78, 5) is 0. The average molecular weight is 255 g/mol. The minimum Gasteiger partial charge on any atom is -0.495 e. The molecule has 0 bridgehead atoms. The van der Waals surface area contributed by atoms with Gasteiger partial charge in [0.15, 0.2) is 0 Å². The van der Waals surface area contributed by atoms with Crippen LogP contribution in [0.3, 0.4) is 0 Å². The zero-order valence-corrected chi connectivity index (χ0v) is 10.5. The van der Waals surface area contributed by atoms with Crippen LogP contribution in [0.1, 0.15) is 12.5 Å². The summed E-state index contributed by atoms with van der Waals surface area (Å²) in [5.74, 6) is 0.572. The first kappa shape index (κ1) is 12.2. The molecule has 2 atom stereocenters. The maximum absolute atomic E-state index is 9.89. The molecule has 2 rings (SSSR count). The fourth-order valence-electron chi connectivity index (χ4n) is 1.84. The summed E-state index contributed by atoms with van der Waals surface area (Å²) >= 11 is 6.05. The predicted molar refractivity (Wildman–Crippen MR) is 69.3 cm³/mol. The molecule has 1 aliphatic heterocycles. The molecular formula is C12H15ClN2O2. The molecule has 92 valence electrons. The number of nitrogens with two attached hydrogens (primary N) is 1. The Hall–Kier alpha value is -1.23. The first-order chi connectivity index (χ1) is 8.02. The van der Waals surface area contributed by atoms with Crippen molar-refractivity contribution in [1.29, 1.82) is 0 Å². The van der Waals surface area contributed by atoms with E-state index < -0.39 is 6.23 Å². The Balaban J connectivity index is 2.49. The number of hydrogen-bond donors (Lipinski definition) is 3. The van der Waals surface area contributed by atoms with Gasteiger partial charge in [0.1, 0.15) is 12.0 Å². The second-order valence-corrected chi connectivity index (χ2v) is 4.46. The van der Waals surface area contributed by atoms with E-state index >= 15 is 0 Å². The van der Waals surface area contributed by atoms with Crippen molar-refractivity contribution in [2.24, 2.45) is 5.73 Å². The van der Waals surface area contributed by atoms with Crippen LogP contribution in [0.4, 0.5) is 5.69 Å². The number of rotatable bonds is 2. The van der Waals surface area contributed by atoms with Crippen molar-refractivity contribution in [3.63, 3.8) is 0 Å². The molecule has 1 heterocycles. The van der Waals surface area contributed by atoms with Gasteiger partial charge < -0.3 is 20.9 Å². The highest BCUT2D eigenvalue weighted by Crippen LogP contribution is 2.35. The third-order valence-corrected chi connectivity index (χ3v) is 3.08. The van der Waals surface area contributed by atoms with Gasteiger partial charge >= 0.3 is 0 Å². The van der Waals surface area contributed by atoms with Crippen LogP contribution in [0.5, 0.6) is 5.75 Å². The van der Waals surface area contributed by atoms with Crippen molar-refractivity contribution in [1.82, 2.24) is 0 Å². The van der Waals surface area contributed by atoms with E-state index in [2.05, 4.69) is 5.32 Å². The molecule has 0 fully saturated rings. The number of aliphatic hydroxyl groups excluding tert-OH is 1. The number of methoxy groups -OCH3 is 1. The Morgan fingerprint density at radius 2 is 2.24 bits per heavy atom. The van der Waals surface area contributed by atoms with Gasteiger partial charge in [0, 0.05) is 17.8 Å². The Bertz CT molecular complexity index is 472. The Morgan fingerprint density at radius 1 is 1.53 bits per heavy atom. The highest BCUT2D eigenvalue weighted by atomic mass is 35.5. The van der Waals surface area contributed by atoms with Gasteiger partial charge in [0.05, 0.1) is 12.1 Å². The number of fused-ring (bicyclic) bond motifs is 1. The van der Waals surface area contributed by atoms with Crippen LogP contribution in [-0.2, 0) is 0 Å². The lowest BCUT2D eigenvalue weighted by atomic mass is 9.98. The van der Waals surface area contributed by atoms with Gasteiger partial charge in [-0.25, -0.2) is 0 Å². The van der Waals surface area contributed by atoms with Crippen LogP contribution in [0.2, 0.25) is 5.02 Å². The Morgan fingerprint density at radius 3 is 2.82 bits per heavy atom. The van der Waals surface area contributed by atoms with Gasteiger partial charge in [-0.3, -0.25) is 0 Å². The predicted octanol–water partition coefficient (Wildman–Crippen LogP) is 1.82. The summed E-state index contributed by atoms with van der Waals surface area (Å²) in [6.45, 7) is 1.83. The minimum absolute atomic E-state index is 0.216. The van der Waals surface area contributed by atoms with Gasteiger partial charge in [-0.15, -0.1) is 0 Å². The number of benzene rings is 1. The lowest BCUT2D eigenvalue weighted by Gasteiger charge is -2.27. The molecule has 4 N–H and O–H groups in total. The van der Waals surface area contributed by atoms with Crippen LogP contribution in [0.25, 0.3) is 6.08 Å². The standard InChI is InChI=1S/C12H15ClN2O2/c1-6(14)8-3-7-4-9(13)11(17-2)5-10(7)15-12(8)16/h3-6,12,15-16H,14H2,1-2H3. The molecule has 0 spiro atoms. The van der Waals surface area contributed by atoms with Crippen molar-refractivity contribution in [2.75, 3.05) is 12.4 Å². The summed E-state index contributed by atoms with van der Waals surface area (Å²) in [7, 11) is 1.55. The second-order valence-electron chi connectivity index (χ2n) is 4.05. The van der Waals surface area contributed by atoms with Crippen molar-refractivity contribution in [3.05, 3.63) is 28.3 Å². The summed E-state index contributed by atoms with van der Waals surface area (Å²) < 4.78 is 5.12. The van der Waals surface area contributed by atoms with Gasteiger partial charge in [0.25, 0.3) is 0 Å². The van der Waals surface area contributed by atoms with Crippen molar-refractivity contribution < 1.29 is 9.84 Å². The zero-order valence-electron chi connectivity index (χ0n) is 9.70. The Kier molecular flexibility index (Phi) is 3.28. The largest absolute Gasteiger partial charge is 0.495 e. The fourth-order valence-corrected chi connectivity index (χ4v) is 2.09. The Labute approximate surface area is 105 Å². The molecule has 0 saturated carbocycles. The monoisotopic (exact) mass is 254 g/mol. The summed E-state index contributed by atoms with van der Waals surface area (Å²) in [6.07, 6.45) is 1.08. The molecule has 1 aliphatic rings. The van der Waals surface area contributed by atoms with E-state index in [-0.39, 0.29) is 6.04 Å². The molecule has 0 aliphatic carbocycles. The molecule has 5 heteroatoms. The summed E-state index contributed by atoms with van der Waals surface area (Å²) in [6, 6.07) is 3.33. The van der Waals surface area contributed by atoms with Gasteiger partial charge in [-0.05, 0) is 30.2 Å². The quantitative estimate of drug-likeness (QED) is 0.753. The number of ether oxygens (including phenoxy) is 1. The molecule has 2 unspecified atom stereocenters. The van der Waals surface area contributed by atoms with E-state index in [0.717, 1.165) is 16.8 Å². The number of nitrogens with one attached hydrogen (secondary N) is 1. The molecule has 4 nitrogen and oxygen atoms in total. The lowest BCUT2D eigenvalue weighted by Crippen LogP contribution is -2.34. The molecule has 1 aromatic rings. The van der Waals surface area contributed by atoms with Gasteiger partial charge in [0.2, 0.25) is 0 Å². The van der Waals surface area contributed by atoms with E-state index in [1.54, 1.807) is 19.2 Å². The molecule has 17 heavy (non-hydrogen) atoms. The van der Waals surface area contributed by atoms with Crippen LogP contribution in [0, 0.1) is 0 Å². The van der Waals surface area contributed by atoms with Crippen molar-refractivity contribution >= 4 is 23.4 Å². The topological polar surface area (TPSA) is 67.5 Å². The van der Waals surface area contributed by atoms with Crippen molar-refractivity contribution in [2.45, 2.75) is 19.2 Å². The molecule has 1 aromatic carbocycles. The first-order valence-electron chi connectivity index (χ1n) is 5.32. The number of hydrogen-bond acceptors (Lipinski definition) is 4. The molecule has 0 saturated heterocycles. The van der Waals surface area contributed by atoms with E-state index in [9.17, 15) is 5.11 Å². The van der Waals surface area contributed by atoms with Gasteiger partial charge in [-0.2, -0.15) is 0 Å². The molecule has 0 aromatic heterocycles. The highest BCUT2D eigenvalue weighted by molar-refractivity contribution is 6.32. The van der Waals surface area contributed by atoms with Crippen LogP contribution in [-0.4, -0.2) is 24.5 Å². The van der Waals surface area contributed by atoms with Crippen molar-refractivity contribution in [3.8, 4) is 5.75 Å². The minimum atomic E-state index is -0.770. The fraction of sp³-hybridized carbons (Fsp3) is 0.333. The van der Waals surface area contributed by atoms with E-state index in [0.29, 0.717) is 10.8 Å². The first-order valence-corrected chi connectivity index (χ1v) is 5.70. The molecule has 0 radical (unpaired) electrons. The maximum Gasteiger partial charge on any atom is 0.148 e. The number of halogens is 1. The highest BCUT2D eigenvalue weighted by Gasteiger charge is 2.22. The smallest absolute Gasteiger partial charge is 0.148 e. The third kappa shape index (κ3) is 2.24. The van der Waals surface area contributed by atoms with E-state index in [1.165, 1.54) is 0 Å². The summed E-state index contributed by atoms with van der Waals surface area (Å²) in [5, 5.41) is 13.4. The van der Waals surface area contributed by atoms with Crippen LogP contribution >= 0.6 is 11.6 Å².